The van der Waals surface area contributed by atoms with E-state index in [-0.39, 0.29) is 5.75 Å². The molecular formula is C8H14N4O3S. The van der Waals surface area contributed by atoms with Crippen molar-refractivity contribution in [1.29, 1.82) is 0 Å². The molecule has 0 atom stereocenters. The molecule has 0 radical (unpaired) electrons. The molecule has 7 nitrogen and oxygen atoms in total. The van der Waals surface area contributed by atoms with E-state index in [9.17, 15) is 4.79 Å². The molecule has 0 bridgehead atoms. The second-order valence-electron chi connectivity index (χ2n) is 3.57. The number of nitrogens with two attached hydrogens (primary N) is 1. The van der Waals surface area contributed by atoms with E-state index >= 15 is 0 Å². The van der Waals surface area contributed by atoms with Gasteiger partial charge in [0.25, 0.3) is 0 Å². The molecule has 0 amide bonds. The molecule has 1 heterocycles. The molecule has 0 saturated heterocycles. The van der Waals surface area contributed by atoms with Crippen LogP contribution in [0.15, 0.2) is 5.16 Å². The Labute approximate surface area is 97.0 Å². The third-order valence-corrected chi connectivity index (χ3v) is 2.97. The van der Waals surface area contributed by atoms with Crippen LogP contribution in [0.2, 0.25) is 0 Å². The van der Waals surface area contributed by atoms with Crippen molar-refractivity contribution in [3.05, 3.63) is 5.82 Å². The maximum atomic E-state index is 10.4. The molecule has 0 unspecified atom stereocenters. The van der Waals surface area contributed by atoms with Crippen molar-refractivity contribution < 1.29 is 14.6 Å². The molecule has 0 fully saturated rings. The highest BCUT2D eigenvalue weighted by Crippen LogP contribution is 2.24. The van der Waals surface area contributed by atoms with Gasteiger partial charge in [-0.25, -0.2) is 4.68 Å². The lowest BCUT2D eigenvalue weighted by atomic mass is 10.1. The molecule has 0 spiro atoms. The van der Waals surface area contributed by atoms with Gasteiger partial charge in [0.15, 0.2) is 5.82 Å². The third kappa shape index (κ3) is 2.64. The Balaban J connectivity index is 2.88. The molecule has 0 aliphatic carbocycles. The van der Waals surface area contributed by atoms with Crippen LogP contribution in [0.5, 0.6) is 0 Å². The van der Waals surface area contributed by atoms with E-state index in [1.54, 1.807) is 21.0 Å². The van der Waals surface area contributed by atoms with E-state index in [2.05, 4.69) is 10.2 Å². The number of aromatic nitrogens is 3. The lowest BCUT2D eigenvalue weighted by molar-refractivity contribution is -0.133. The second-order valence-corrected chi connectivity index (χ2v) is 4.52. The summed E-state index contributed by atoms with van der Waals surface area (Å²) >= 11 is 1.01. The number of carboxylic acid groups (broad SMARTS) is 1. The Morgan fingerprint density at radius 2 is 2.25 bits per heavy atom. The van der Waals surface area contributed by atoms with E-state index < -0.39 is 11.6 Å². The van der Waals surface area contributed by atoms with Crippen LogP contribution >= 0.6 is 11.8 Å². The topological polar surface area (TPSA) is 103 Å². The zero-order chi connectivity index (χ0) is 12.3. The van der Waals surface area contributed by atoms with Gasteiger partial charge in [-0.15, -0.1) is 10.2 Å². The molecule has 8 heteroatoms. The van der Waals surface area contributed by atoms with Crippen molar-refractivity contribution >= 4 is 17.7 Å². The Hall–Kier alpha value is -1.28. The summed E-state index contributed by atoms with van der Waals surface area (Å²) in [6.07, 6.45) is 0. The van der Waals surface area contributed by atoms with E-state index in [1.165, 1.54) is 4.68 Å². The standard InChI is InChI=1S/C8H14N4O3S/c1-8(2,15-3)6-10-11-7(12(6)9)16-4-5(13)14/h4,9H2,1-3H3,(H,13,14). The fourth-order valence-electron chi connectivity index (χ4n) is 1.00. The monoisotopic (exact) mass is 246 g/mol. The molecule has 0 aliphatic heterocycles. The minimum atomic E-state index is -0.930. The predicted molar refractivity (Wildman–Crippen MR) is 58.6 cm³/mol. The van der Waals surface area contributed by atoms with Gasteiger partial charge in [0, 0.05) is 7.11 Å². The largest absolute Gasteiger partial charge is 0.481 e. The van der Waals surface area contributed by atoms with Crippen LogP contribution in [-0.2, 0) is 15.1 Å². The minimum Gasteiger partial charge on any atom is -0.481 e. The summed E-state index contributed by atoms with van der Waals surface area (Å²) in [7, 11) is 1.54. The van der Waals surface area contributed by atoms with Gasteiger partial charge in [-0.3, -0.25) is 4.79 Å². The first-order chi connectivity index (χ1) is 7.38. The van der Waals surface area contributed by atoms with Gasteiger partial charge in [-0.2, -0.15) is 0 Å². The molecule has 0 aromatic carbocycles. The summed E-state index contributed by atoms with van der Waals surface area (Å²) in [4.78, 5) is 10.4. The van der Waals surface area contributed by atoms with Crippen LogP contribution in [0, 0.1) is 0 Å². The Morgan fingerprint density at radius 3 is 2.75 bits per heavy atom. The van der Waals surface area contributed by atoms with Gasteiger partial charge in [0.05, 0.1) is 5.75 Å². The second kappa shape index (κ2) is 4.71. The first-order valence-electron chi connectivity index (χ1n) is 4.49. The maximum absolute atomic E-state index is 10.4. The highest BCUT2D eigenvalue weighted by atomic mass is 32.2. The van der Waals surface area contributed by atoms with Gasteiger partial charge >= 0.3 is 5.97 Å². The molecule has 90 valence electrons. The van der Waals surface area contributed by atoms with Crippen LogP contribution in [-0.4, -0.2) is 38.8 Å². The number of thioether (sulfide) groups is 1. The summed E-state index contributed by atoms with van der Waals surface area (Å²) < 4.78 is 6.46. The fourth-order valence-corrected chi connectivity index (χ4v) is 1.58. The van der Waals surface area contributed by atoms with E-state index in [1.807, 2.05) is 0 Å². The molecule has 0 saturated carbocycles. The summed E-state index contributed by atoms with van der Waals surface area (Å²) in [5, 5.41) is 16.6. The zero-order valence-electron chi connectivity index (χ0n) is 9.30. The number of nitrogens with zero attached hydrogens (tertiary/aromatic N) is 3. The Kier molecular flexibility index (Phi) is 3.76. The van der Waals surface area contributed by atoms with E-state index in [0.29, 0.717) is 11.0 Å². The number of carbonyl (C=O) groups is 1. The summed E-state index contributed by atoms with van der Waals surface area (Å²) in [6, 6.07) is 0. The quantitative estimate of drug-likeness (QED) is 0.558. The van der Waals surface area contributed by atoms with Crippen molar-refractivity contribution in [2.24, 2.45) is 0 Å². The fraction of sp³-hybridized carbons (Fsp3) is 0.625. The van der Waals surface area contributed by atoms with Crippen LogP contribution in [0.1, 0.15) is 19.7 Å². The predicted octanol–water partition coefficient (Wildman–Crippen LogP) is 0.0501. The van der Waals surface area contributed by atoms with Crippen molar-refractivity contribution in [2.75, 3.05) is 18.7 Å². The molecule has 1 rings (SSSR count). The average Bonchev–Trinajstić information content (AvgIpc) is 2.57. The summed E-state index contributed by atoms with van der Waals surface area (Å²) in [5.74, 6) is 5.16. The summed E-state index contributed by atoms with van der Waals surface area (Å²) in [6.45, 7) is 3.60. The lowest BCUT2D eigenvalue weighted by Crippen LogP contribution is -2.28. The van der Waals surface area contributed by atoms with Gasteiger partial charge in [0.2, 0.25) is 5.16 Å². The van der Waals surface area contributed by atoms with Crippen molar-refractivity contribution in [3.63, 3.8) is 0 Å². The van der Waals surface area contributed by atoms with Crippen LogP contribution in [0.3, 0.4) is 0 Å². The number of rotatable bonds is 5. The van der Waals surface area contributed by atoms with E-state index in [4.69, 9.17) is 15.7 Å². The van der Waals surface area contributed by atoms with Gasteiger partial charge in [-0.05, 0) is 13.8 Å². The number of nitrogen functional groups attached to an aromatic ring is 1. The van der Waals surface area contributed by atoms with Gasteiger partial charge in [-0.1, -0.05) is 11.8 Å². The zero-order valence-corrected chi connectivity index (χ0v) is 10.1. The molecular weight excluding hydrogens is 232 g/mol. The van der Waals surface area contributed by atoms with Crippen molar-refractivity contribution in [1.82, 2.24) is 14.9 Å². The van der Waals surface area contributed by atoms with Crippen LogP contribution in [0.4, 0.5) is 0 Å². The summed E-state index contributed by atoms with van der Waals surface area (Å²) in [5.41, 5.74) is -0.663. The highest BCUT2D eigenvalue weighted by Gasteiger charge is 2.27. The molecule has 3 N–H and O–H groups in total. The number of carboxylic acids is 1. The molecule has 16 heavy (non-hydrogen) atoms. The van der Waals surface area contributed by atoms with Crippen molar-refractivity contribution in [3.8, 4) is 0 Å². The highest BCUT2D eigenvalue weighted by molar-refractivity contribution is 7.99. The van der Waals surface area contributed by atoms with Crippen LogP contribution in [0.25, 0.3) is 0 Å². The number of ether oxygens (including phenoxy) is 1. The van der Waals surface area contributed by atoms with Gasteiger partial charge < -0.3 is 15.7 Å². The smallest absolute Gasteiger partial charge is 0.313 e. The van der Waals surface area contributed by atoms with E-state index in [0.717, 1.165) is 11.8 Å². The number of hydrogen-bond donors (Lipinski definition) is 2. The maximum Gasteiger partial charge on any atom is 0.313 e. The number of hydrogen-bond acceptors (Lipinski definition) is 6. The third-order valence-electron chi connectivity index (χ3n) is 2.04. The molecule has 1 aromatic heterocycles. The van der Waals surface area contributed by atoms with Crippen LogP contribution < -0.4 is 5.84 Å². The number of aliphatic carboxylic acids is 1. The lowest BCUT2D eigenvalue weighted by Gasteiger charge is -2.20. The number of methoxy groups -OCH3 is 1. The minimum absolute atomic E-state index is 0.108. The molecule has 0 aliphatic rings. The van der Waals surface area contributed by atoms with Gasteiger partial charge in [0.1, 0.15) is 5.60 Å². The van der Waals surface area contributed by atoms with Crippen molar-refractivity contribution in [2.45, 2.75) is 24.6 Å². The first-order valence-corrected chi connectivity index (χ1v) is 5.47. The first kappa shape index (κ1) is 12.8. The molecule has 1 aromatic rings. The average molecular weight is 246 g/mol. The Morgan fingerprint density at radius 1 is 1.62 bits per heavy atom. The SMILES string of the molecule is COC(C)(C)c1nnc(SCC(=O)O)n1N. The normalized spacial score (nSPS) is 11.7. The Bertz CT molecular complexity index is 391.